The Morgan fingerprint density at radius 2 is 0.565 bits per heavy atom. The number of carbonyl (C=O) groups excluding carboxylic acids is 3. The topological polar surface area (TPSA) is 78.9 Å². The Labute approximate surface area is 387 Å². The van der Waals surface area contributed by atoms with Crippen LogP contribution < -0.4 is 0 Å². The molecule has 0 spiro atoms. The first-order valence-corrected chi connectivity index (χ1v) is 27.6. The van der Waals surface area contributed by atoms with E-state index in [4.69, 9.17) is 14.2 Å². The van der Waals surface area contributed by atoms with E-state index in [2.05, 4.69) is 41.5 Å². The second-order valence-corrected chi connectivity index (χ2v) is 20.4. The first-order chi connectivity index (χ1) is 30.1. The molecule has 0 aliphatic carbocycles. The van der Waals surface area contributed by atoms with Gasteiger partial charge in [0.25, 0.3) is 0 Å². The van der Waals surface area contributed by atoms with Gasteiger partial charge in [0.2, 0.25) is 0 Å². The molecule has 62 heavy (non-hydrogen) atoms. The van der Waals surface area contributed by atoms with Gasteiger partial charge in [-0.2, -0.15) is 0 Å². The van der Waals surface area contributed by atoms with Gasteiger partial charge in [0.1, 0.15) is 13.2 Å². The van der Waals surface area contributed by atoms with Crippen molar-refractivity contribution < 1.29 is 28.6 Å². The lowest BCUT2D eigenvalue weighted by atomic mass is 9.99. The molecule has 2 atom stereocenters. The number of esters is 3. The summed E-state index contributed by atoms with van der Waals surface area (Å²) >= 11 is 0. The monoisotopic (exact) mass is 877 g/mol. The van der Waals surface area contributed by atoms with Crippen LogP contribution in [0.3, 0.4) is 0 Å². The van der Waals surface area contributed by atoms with Crippen LogP contribution in [0.5, 0.6) is 0 Å². The Morgan fingerprint density at radius 1 is 0.323 bits per heavy atom. The summed E-state index contributed by atoms with van der Waals surface area (Å²) in [5.74, 6) is 1.64. The van der Waals surface area contributed by atoms with Crippen molar-refractivity contribution in [2.45, 2.75) is 311 Å². The van der Waals surface area contributed by atoms with Crippen molar-refractivity contribution in [1.82, 2.24) is 0 Å². The van der Waals surface area contributed by atoms with Gasteiger partial charge in [-0.05, 0) is 37.0 Å². The number of carbonyl (C=O) groups is 3. The first-order valence-electron chi connectivity index (χ1n) is 27.6. The predicted octanol–water partition coefficient (Wildman–Crippen LogP) is 17.9. The summed E-state index contributed by atoms with van der Waals surface area (Å²) in [6.07, 6.45) is 48.2. The zero-order valence-electron chi connectivity index (χ0n) is 42.7. The maximum Gasteiger partial charge on any atom is 0.306 e. The molecule has 0 radical (unpaired) electrons. The minimum Gasteiger partial charge on any atom is -0.462 e. The van der Waals surface area contributed by atoms with Crippen LogP contribution in [0.4, 0.5) is 0 Å². The Bertz CT molecular complexity index is 962. The fourth-order valence-corrected chi connectivity index (χ4v) is 8.44. The molecular weight excluding hydrogens is 769 g/mol. The number of hydrogen-bond donors (Lipinski definition) is 0. The number of hydrogen-bond acceptors (Lipinski definition) is 6. The molecule has 0 heterocycles. The molecule has 0 fully saturated rings. The van der Waals surface area contributed by atoms with Crippen LogP contribution in [0.2, 0.25) is 0 Å². The van der Waals surface area contributed by atoms with Crippen molar-refractivity contribution in [3.05, 3.63) is 0 Å². The molecule has 0 N–H and O–H groups in total. The molecule has 6 nitrogen and oxygen atoms in total. The minimum atomic E-state index is -0.763. The van der Waals surface area contributed by atoms with Gasteiger partial charge in [-0.1, -0.05) is 266 Å². The van der Waals surface area contributed by atoms with Gasteiger partial charge in [0.15, 0.2) is 6.10 Å². The van der Waals surface area contributed by atoms with Crippen LogP contribution in [0, 0.1) is 17.8 Å². The quantitative estimate of drug-likeness (QED) is 0.0344. The van der Waals surface area contributed by atoms with E-state index >= 15 is 0 Å². The summed E-state index contributed by atoms with van der Waals surface area (Å²) in [6, 6.07) is 0. The fourth-order valence-electron chi connectivity index (χ4n) is 8.44. The summed E-state index contributed by atoms with van der Waals surface area (Å²) in [6.45, 7) is 13.7. The lowest BCUT2D eigenvalue weighted by Gasteiger charge is -2.18. The molecular formula is C56H108O6. The zero-order chi connectivity index (χ0) is 45.6. The lowest BCUT2D eigenvalue weighted by Crippen LogP contribution is -2.30. The number of ether oxygens (including phenoxy) is 3. The standard InChI is InChI=1S/C56H108O6/c1-7-52(6)44-38-32-25-21-18-19-23-27-35-41-47-56(59)62-53(49-61-55(58)46-40-34-29-28-31-37-43-51(4)5)48-60-54(57)45-39-33-26-22-17-15-13-11-9-8-10-12-14-16-20-24-30-36-42-50(2)3/h50-53H,7-49H2,1-6H3/t52?,53-/m0/s1. The van der Waals surface area contributed by atoms with Gasteiger partial charge < -0.3 is 14.2 Å². The van der Waals surface area contributed by atoms with Gasteiger partial charge in [0.05, 0.1) is 0 Å². The highest BCUT2D eigenvalue weighted by Crippen LogP contribution is 2.18. The summed E-state index contributed by atoms with van der Waals surface area (Å²) in [7, 11) is 0. The van der Waals surface area contributed by atoms with E-state index in [9.17, 15) is 14.4 Å². The Kier molecular flexibility index (Phi) is 46.2. The Hall–Kier alpha value is -1.59. The van der Waals surface area contributed by atoms with Crippen molar-refractivity contribution in [1.29, 1.82) is 0 Å². The zero-order valence-corrected chi connectivity index (χ0v) is 42.7. The van der Waals surface area contributed by atoms with Crippen LogP contribution in [0.1, 0.15) is 305 Å². The molecule has 0 aromatic heterocycles. The highest BCUT2D eigenvalue weighted by Gasteiger charge is 2.19. The van der Waals surface area contributed by atoms with Crippen LogP contribution in [-0.4, -0.2) is 37.2 Å². The number of unbranched alkanes of at least 4 members (excludes halogenated alkanes) is 31. The molecule has 0 aliphatic rings. The highest BCUT2D eigenvalue weighted by atomic mass is 16.6. The van der Waals surface area contributed by atoms with E-state index in [0.29, 0.717) is 19.3 Å². The van der Waals surface area contributed by atoms with E-state index < -0.39 is 6.10 Å². The molecule has 0 saturated carbocycles. The molecule has 0 aliphatic heterocycles. The van der Waals surface area contributed by atoms with Crippen LogP contribution in [0.15, 0.2) is 0 Å². The van der Waals surface area contributed by atoms with Crippen molar-refractivity contribution in [3.63, 3.8) is 0 Å². The first kappa shape index (κ1) is 60.4. The van der Waals surface area contributed by atoms with Crippen molar-refractivity contribution in [2.75, 3.05) is 13.2 Å². The number of rotatable bonds is 49. The lowest BCUT2D eigenvalue weighted by molar-refractivity contribution is -0.167. The molecule has 6 heteroatoms. The summed E-state index contributed by atoms with van der Waals surface area (Å²) < 4.78 is 16.8. The third-order valence-corrected chi connectivity index (χ3v) is 13.0. The third kappa shape index (κ3) is 47.9. The second kappa shape index (κ2) is 47.4. The fraction of sp³-hybridized carbons (Fsp3) is 0.946. The molecule has 0 bridgehead atoms. The van der Waals surface area contributed by atoms with Crippen LogP contribution >= 0.6 is 0 Å². The summed E-state index contributed by atoms with van der Waals surface area (Å²) in [5.41, 5.74) is 0. The predicted molar refractivity (Wildman–Crippen MR) is 266 cm³/mol. The smallest absolute Gasteiger partial charge is 0.306 e. The van der Waals surface area contributed by atoms with Crippen molar-refractivity contribution in [3.8, 4) is 0 Å². The van der Waals surface area contributed by atoms with Gasteiger partial charge in [0, 0.05) is 19.3 Å². The molecule has 0 aromatic rings. The molecule has 0 rings (SSSR count). The van der Waals surface area contributed by atoms with E-state index in [1.807, 2.05) is 0 Å². The maximum absolute atomic E-state index is 12.8. The maximum atomic E-state index is 12.8. The van der Waals surface area contributed by atoms with E-state index in [0.717, 1.165) is 75.5 Å². The largest absolute Gasteiger partial charge is 0.462 e. The average molecular weight is 877 g/mol. The van der Waals surface area contributed by atoms with E-state index in [1.54, 1.807) is 0 Å². The summed E-state index contributed by atoms with van der Waals surface area (Å²) in [5, 5.41) is 0. The molecule has 0 amide bonds. The van der Waals surface area contributed by atoms with Gasteiger partial charge in [-0.3, -0.25) is 14.4 Å². The highest BCUT2D eigenvalue weighted by molar-refractivity contribution is 5.71. The normalized spacial score (nSPS) is 12.6. The van der Waals surface area contributed by atoms with Crippen molar-refractivity contribution >= 4 is 17.9 Å². The molecule has 368 valence electrons. The average Bonchev–Trinajstić information content (AvgIpc) is 3.24. The van der Waals surface area contributed by atoms with E-state index in [-0.39, 0.29) is 31.1 Å². The van der Waals surface area contributed by atoms with E-state index in [1.165, 1.54) is 186 Å². The van der Waals surface area contributed by atoms with Crippen LogP contribution in [-0.2, 0) is 28.6 Å². The Balaban J connectivity index is 4.20. The molecule has 0 aromatic carbocycles. The third-order valence-electron chi connectivity index (χ3n) is 13.0. The summed E-state index contributed by atoms with van der Waals surface area (Å²) in [4.78, 5) is 38.0. The molecule has 0 saturated heterocycles. The molecule has 1 unspecified atom stereocenters. The van der Waals surface area contributed by atoms with Crippen LogP contribution in [0.25, 0.3) is 0 Å². The Morgan fingerprint density at radius 3 is 0.839 bits per heavy atom. The second-order valence-electron chi connectivity index (χ2n) is 20.4. The van der Waals surface area contributed by atoms with Gasteiger partial charge in [-0.25, -0.2) is 0 Å². The van der Waals surface area contributed by atoms with Crippen molar-refractivity contribution in [2.24, 2.45) is 17.8 Å². The minimum absolute atomic E-state index is 0.0649. The SMILES string of the molecule is CCC(C)CCCCCCCCCCCCC(=O)O[C@@H](COC(=O)CCCCCCCCCCCCCCCCCCCCC(C)C)COC(=O)CCCCCCCCC(C)C. The van der Waals surface area contributed by atoms with Gasteiger partial charge >= 0.3 is 17.9 Å². The van der Waals surface area contributed by atoms with Gasteiger partial charge in [-0.15, -0.1) is 0 Å².